The third kappa shape index (κ3) is 9.16. The molecule has 25 heavy (non-hydrogen) atoms. The molecule has 0 aliphatic heterocycles. The Hall–Kier alpha value is -1.99. The van der Waals surface area contributed by atoms with E-state index in [4.69, 9.17) is 18.9 Å². The molecular formula is C18H31N3O4. The summed E-state index contributed by atoms with van der Waals surface area (Å²) in [6.45, 7) is 7.80. The van der Waals surface area contributed by atoms with Crippen LogP contribution in [0.2, 0.25) is 0 Å². The first-order valence-electron chi connectivity index (χ1n) is 8.59. The fraction of sp³-hybridized carbons (Fsp3) is 0.611. The maximum absolute atomic E-state index is 5.91. The molecule has 0 heterocycles. The zero-order chi connectivity index (χ0) is 18.3. The molecule has 0 aliphatic carbocycles. The predicted molar refractivity (Wildman–Crippen MR) is 99.8 cm³/mol. The largest absolute Gasteiger partial charge is 0.493 e. The van der Waals surface area contributed by atoms with Crippen LogP contribution in [0.4, 0.5) is 0 Å². The normalized spacial score (nSPS) is 12.6. The minimum Gasteiger partial charge on any atom is -0.493 e. The molecule has 2 N–H and O–H groups in total. The van der Waals surface area contributed by atoms with Gasteiger partial charge in [0.2, 0.25) is 0 Å². The minimum absolute atomic E-state index is 0.0790. The van der Waals surface area contributed by atoms with Crippen molar-refractivity contribution in [3.63, 3.8) is 0 Å². The van der Waals surface area contributed by atoms with Crippen molar-refractivity contribution in [2.24, 2.45) is 4.99 Å². The summed E-state index contributed by atoms with van der Waals surface area (Å²) in [6.07, 6.45) is -0.0790. The molecule has 0 spiro atoms. The summed E-state index contributed by atoms with van der Waals surface area (Å²) in [5, 5.41) is 6.44. The summed E-state index contributed by atoms with van der Waals surface area (Å²) < 4.78 is 21.6. The molecule has 0 aromatic heterocycles. The van der Waals surface area contributed by atoms with Gasteiger partial charge in [0, 0.05) is 20.2 Å². The van der Waals surface area contributed by atoms with Crippen molar-refractivity contribution in [1.29, 1.82) is 0 Å². The van der Waals surface area contributed by atoms with Crippen LogP contribution in [-0.2, 0) is 9.47 Å². The molecule has 1 rings (SSSR count). The SMILES string of the molecule is CCNC(=NCC(C)Oc1ccccc1OC)NCCOCCOC. The zero-order valence-corrected chi connectivity index (χ0v) is 15.7. The zero-order valence-electron chi connectivity index (χ0n) is 15.7. The Morgan fingerprint density at radius 3 is 2.52 bits per heavy atom. The van der Waals surface area contributed by atoms with Gasteiger partial charge in [0.15, 0.2) is 17.5 Å². The highest BCUT2D eigenvalue weighted by molar-refractivity contribution is 5.79. The van der Waals surface area contributed by atoms with Crippen LogP contribution in [0.3, 0.4) is 0 Å². The lowest BCUT2D eigenvalue weighted by Crippen LogP contribution is -2.39. The molecule has 0 fully saturated rings. The quantitative estimate of drug-likeness (QED) is 0.338. The summed E-state index contributed by atoms with van der Waals surface area (Å²) in [5.41, 5.74) is 0. The van der Waals surface area contributed by atoms with E-state index in [-0.39, 0.29) is 6.10 Å². The van der Waals surface area contributed by atoms with Crippen LogP contribution in [-0.4, -0.2) is 65.7 Å². The number of nitrogens with zero attached hydrogens (tertiary/aromatic N) is 1. The van der Waals surface area contributed by atoms with Crippen LogP contribution >= 0.6 is 0 Å². The molecule has 1 aromatic rings. The van der Waals surface area contributed by atoms with Crippen molar-refractivity contribution in [2.75, 3.05) is 53.7 Å². The van der Waals surface area contributed by atoms with Gasteiger partial charge in [0.25, 0.3) is 0 Å². The van der Waals surface area contributed by atoms with E-state index >= 15 is 0 Å². The molecule has 0 saturated heterocycles. The van der Waals surface area contributed by atoms with Crippen LogP contribution in [0.25, 0.3) is 0 Å². The highest BCUT2D eigenvalue weighted by Crippen LogP contribution is 2.26. The molecule has 0 radical (unpaired) electrons. The second kappa shape index (κ2) is 13.3. The molecule has 7 heteroatoms. The number of hydrogen-bond donors (Lipinski definition) is 2. The maximum atomic E-state index is 5.91. The van der Waals surface area contributed by atoms with Gasteiger partial charge in [-0.25, -0.2) is 4.99 Å². The minimum atomic E-state index is -0.0790. The van der Waals surface area contributed by atoms with Gasteiger partial charge < -0.3 is 29.6 Å². The lowest BCUT2D eigenvalue weighted by molar-refractivity contribution is 0.0733. The Kier molecular flexibility index (Phi) is 11.2. The van der Waals surface area contributed by atoms with E-state index in [1.165, 1.54) is 0 Å². The average molecular weight is 353 g/mol. The van der Waals surface area contributed by atoms with E-state index in [9.17, 15) is 0 Å². The smallest absolute Gasteiger partial charge is 0.191 e. The van der Waals surface area contributed by atoms with Gasteiger partial charge in [0.05, 0.1) is 33.5 Å². The summed E-state index contributed by atoms with van der Waals surface area (Å²) in [4.78, 5) is 4.55. The molecule has 0 amide bonds. The van der Waals surface area contributed by atoms with E-state index in [0.717, 1.165) is 24.0 Å². The number of nitrogens with one attached hydrogen (secondary N) is 2. The Balaban J connectivity index is 2.41. The molecule has 0 bridgehead atoms. The van der Waals surface area contributed by atoms with Gasteiger partial charge >= 0.3 is 0 Å². The fourth-order valence-corrected chi connectivity index (χ4v) is 2.02. The van der Waals surface area contributed by atoms with Gasteiger partial charge in [-0.15, -0.1) is 0 Å². The van der Waals surface area contributed by atoms with Crippen LogP contribution < -0.4 is 20.1 Å². The first kappa shape index (κ1) is 21.1. The molecule has 7 nitrogen and oxygen atoms in total. The van der Waals surface area contributed by atoms with Gasteiger partial charge in [0.1, 0.15) is 6.10 Å². The van der Waals surface area contributed by atoms with E-state index in [2.05, 4.69) is 15.6 Å². The first-order chi connectivity index (χ1) is 12.2. The number of methoxy groups -OCH3 is 2. The third-order valence-electron chi connectivity index (χ3n) is 3.22. The fourth-order valence-electron chi connectivity index (χ4n) is 2.02. The monoisotopic (exact) mass is 353 g/mol. The first-order valence-corrected chi connectivity index (χ1v) is 8.59. The standard InChI is InChI=1S/C18H31N3O4/c1-5-19-18(20-10-11-24-13-12-22-3)21-14-15(2)25-17-9-7-6-8-16(17)23-4/h6-9,15H,5,10-14H2,1-4H3,(H2,19,20,21). The van der Waals surface area contributed by atoms with Crippen molar-refractivity contribution < 1.29 is 18.9 Å². The number of ether oxygens (including phenoxy) is 4. The second-order valence-electron chi connectivity index (χ2n) is 5.33. The highest BCUT2D eigenvalue weighted by Gasteiger charge is 2.08. The van der Waals surface area contributed by atoms with Crippen LogP contribution in [0.15, 0.2) is 29.3 Å². The topological polar surface area (TPSA) is 73.3 Å². The molecule has 1 aromatic carbocycles. The summed E-state index contributed by atoms with van der Waals surface area (Å²) in [5.74, 6) is 2.18. The van der Waals surface area contributed by atoms with Crippen molar-refractivity contribution in [3.8, 4) is 11.5 Å². The van der Waals surface area contributed by atoms with E-state index in [0.29, 0.717) is 32.9 Å². The van der Waals surface area contributed by atoms with Crippen LogP contribution in [0, 0.1) is 0 Å². The number of hydrogen-bond acceptors (Lipinski definition) is 5. The summed E-state index contributed by atoms with van der Waals surface area (Å²) in [7, 11) is 3.29. The Morgan fingerprint density at radius 2 is 1.84 bits per heavy atom. The number of benzene rings is 1. The highest BCUT2D eigenvalue weighted by atomic mass is 16.5. The Morgan fingerprint density at radius 1 is 1.08 bits per heavy atom. The van der Waals surface area contributed by atoms with Crippen molar-refractivity contribution in [2.45, 2.75) is 20.0 Å². The summed E-state index contributed by atoms with van der Waals surface area (Å²) in [6, 6.07) is 7.60. The van der Waals surface area contributed by atoms with Crippen LogP contribution in [0.5, 0.6) is 11.5 Å². The van der Waals surface area contributed by atoms with Crippen LogP contribution in [0.1, 0.15) is 13.8 Å². The van der Waals surface area contributed by atoms with Gasteiger partial charge in [-0.05, 0) is 26.0 Å². The number of rotatable bonds is 12. The lowest BCUT2D eigenvalue weighted by Gasteiger charge is -2.16. The van der Waals surface area contributed by atoms with E-state index in [1.807, 2.05) is 38.1 Å². The average Bonchev–Trinajstić information content (AvgIpc) is 2.63. The van der Waals surface area contributed by atoms with E-state index in [1.54, 1.807) is 14.2 Å². The second-order valence-corrected chi connectivity index (χ2v) is 5.33. The molecule has 1 atom stereocenters. The van der Waals surface area contributed by atoms with Gasteiger partial charge in [-0.3, -0.25) is 0 Å². The summed E-state index contributed by atoms with van der Waals surface area (Å²) >= 11 is 0. The number of aliphatic imine (C=N–C) groups is 1. The van der Waals surface area contributed by atoms with E-state index < -0.39 is 0 Å². The lowest BCUT2D eigenvalue weighted by atomic mass is 10.3. The van der Waals surface area contributed by atoms with Gasteiger partial charge in [-0.1, -0.05) is 12.1 Å². The van der Waals surface area contributed by atoms with Crippen molar-refractivity contribution >= 4 is 5.96 Å². The number of para-hydroxylation sites is 2. The van der Waals surface area contributed by atoms with Crippen molar-refractivity contribution in [3.05, 3.63) is 24.3 Å². The Bertz CT molecular complexity index is 497. The number of guanidine groups is 1. The molecule has 142 valence electrons. The molecule has 0 saturated carbocycles. The van der Waals surface area contributed by atoms with Gasteiger partial charge in [-0.2, -0.15) is 0 Å². The maximum Gasteiger partial charge on any atom is 0.191 e. The van der Waals surface area contributed by atoms with Crippen molar-refractivity contribution in [1.82, 2.24) is 10.6 Å². The third-order valence-corrected chi connectivity index (χ3v) is 3.22. The molecule has 1 unspecified atom stereocenters. The molecule has 0 aliphatic rings. The Labute approximate surface area is 150 Å². The molecular weight excluding hydrogens is 322 g/mol. The predicted octanol–water partition coefficient (Wildman–Crippen LogP) is 1.68.